The first-order chi connectivity index (χ1) is 7.92. The molecule has 0 bridgehead atoms. The number of benzene rings is 1. The van der Waals surface area contributed by atoms with E-state index in [1.807, 2.05) is 11.3 Å². The Morgan fingerprint density at radius 1 is 0.875 bits per heavy atom. The Bertz CT molecular complexity index is 582. The minimum absolute atomic E-state index is 1.30. The SMILES string of the molecule is C(=Cc1cc2ccccc2s1)c1cccs1. The van der Waals surface area contributed by atoms with Crippen molar-refractivity contribution in [2.75, 3.05) is 0 Å². The van der Waals surface area contributed by atoms with E-state index in [4.69, 9.17) is 0 Å². The molecule has 2 heteroatoms. The van der Waals surface area contributed by atoms with Crippen molar-refractivity contribution < 1.29 is 0 Å². The molecule has 0 saturated carbocycles. The highest BCUT2D eigenvalue weighted by atomic mass is 32.1. The summed E-state index contributed by atoms with van der Waals surface area (Å²) in [4.78, 5) is 2.62. The van der Waals surface area contributed by atoms with Crippen LogP contribution in [-0.4, -0.2) is 0 Å². The van der Waals surface area contributed by atoms with Crippen LogP contribution in [0.5, 0.6) is 0 Å². The Balaban J connectivity index is 1.95. The second kappa shape index (κ2) is 4.24. The van der Waals surface area contributed by atoms with Crippen LogP contribution in [0.15, 0.2) is 47.8 Å². The second-order valence-electron chi connectivity index (χ2n) is 3.54. The van der Waals surface area contributed by atoms with Crippen LogP contribution in [0, 0.1) is 0 Å². The van der Waals surface area contributed by atoms with E-state index in [1.54, 1.807) is 11.3 Å². The lowest BCUT2D eigenvalue weighted by atomic mass is 10.2. The summed E-state index contributed by atoms with van der Waals surface area (Å²) in [5.74, 6) is 0. The molecule has 3 aromatic rings. The third-order valence-electron chi connectivity index (χ3n) is 2.40. The smallest absolute Gasteiger partial charge is 0.0349 e. The molecule has 16 heavy (non-hydrogen) atoms. The maximum atomic E-state index is 2.24. The van der Waals surface area contributed by atoms with Gasteiger partial charge in [-0.3, -0.25) is 0 Å². The number of hydrogen-bond donors (Lipinski definition) is 0. The first-order valence-corrected chi connectivity index (χ1v) is 6.81. The van der Waals surface area contributed by atoms with E-state index in [1.165, 1.54) is 19.8 Å². The molecular formula is C14H10S2. The van der Waals surface area contributed by atoms with Crippen LogP contribution in [0.1, 0.15) is 9.75 Å². The van der Waals surface area contributed by atoms with Gasteiger partial charge in [-0.25, -0.2) is 0 Å². The molecule has 0 saturated heterocycles. The Hall–Kier alpha value is -1.38. The topological polar surface area (TPSA) is 0 Å². The lowest BCUT2D eigenvalue weighted by Gasteiger charge is -1.82. The lowest BCUT2D eigenvalue weighted by molar-refractivity contribution is 1.85. The highest BCUT2D eigenvalue weighted by molar-refractivity contribution is 7.19. The molecule has 2 aromatic heterocycles. The lowest BCUT2D eigenvalue weighted by Crippen LogP contribution is -1.58. The van der Waals surface area contributed by atoms with E-state index >= 15 is 0 Å². The summed E-state index contributed by atoms with van der Waals surface area (Å²) < 4.78 is 1.35. The average Bonchev–Trinajstić information content (AvgIpc) is 2.95. The van der Waals surface area contributed by atoms with Gasteiger partial charge >= 0.3 is 0 Å². The normalized spacial score (nSPS) is 11.5. The van der Waals surface area contributed by atoms with Crippen molar-refractivity contribution in [3.63, 3.8) is 0 Å². The molecule has 0 spiro atoms. The van der Waals surface area contributed by atoms with Crippen LogP contribution < -0.4 is 0 Å². The predicted molar refractivity (Wildman–Crippen MR) is 75.1 cm³/mol. The summed E-state index contributed by atoms with van der Waals surface area (Å²) in [5, 5.41) is 3.43. The summed E-state index contributed by atoms with van der Waals surface area (Å²) in [6.45, 7) is 0. The molecule has 78 valence electrons. The van der Waals surface area contributed by atoms with Gasteiger partial charge in [-0.05, 0) is 41.1 Å². The fourth-order valence-electron chi connectivity index (χ4n) is 1.63. The highest BCUT2D eigenvalue weighted by Gasteiger charge is 1.97. The Kier molecular flexibility index (Phi) is 2.60. The van der Waals surface area contributed by atoms with Crippen LogP contribution >= 0.6 is 22.7 Å². The van der Waals surface area contributed by atoms with Gasteiger partial charge in [0.15, 0.2) is 0 Å². The summed E-state index contributed by atoms with van der Waals surface area (Å²) in [5.41, 5.74) is 0. The molecule has 2 heterocycles. The van der Waals surface area contributed by atoms with Gasteiger partial charge in [0.25, 0.3) is 0 Å². The third kappa shape index (κ3) is 1.94. The average molecular weight is 242 g/mol. The highest BCUT2D eigenvalue weighted by Crippen LogP contribution is 2.27. The molecule has 3 rings (SSSR count). The summed E-state index contributed by atoms with van der Waals surface area (Å²) in [7, 11) is 0. The molecule has 0 N–H and O–H groups in total. The third-order valence-corrected chi connectivity index (χ3v) is 4.32. The van der Waals surface area contributed by atoms with Crippen LogP contribution in [0.2, 0.25) is 0 Å². The molecule has 0 nitrogen and oxygen atoms in total. The van der Waals surface area contributed by atoms with Crippen LogP contribution in [-0.2, 0) is 0 Å². The molecule has 0 aliphatic carbocycles. The molecule has 0 aliphatic heterocycles. The van der Waals surface area contributed by atoms with Gasteiger partial charge in [0.05, 0.1) is 0 Å². The number of thiophene rings is 2. The van der Waals surface area contributed by atoms with Gasteiger partial charge in [-0.2, -0.15) is 0 Å². The Morgan fingerprint density at radius 2 is 1.75 bits per heavy atom. The van der Waals surface area contributed by atoms with Crippen molar-refractivity contribution in [1.82, 2.24) is 0 Å². The van der Waals surface area contributed by atoms with Gasteiger partial charge in [-0.15, -0.1) is 22.7 Å². The maximum absolute atomic E-state index is 2.24. The van der Waals surface area contributed by atoms with Gasteiger partial charge < -0.3 is 0 Å². The molecule has 0 unspecified atom stereocenters. The van der Waals surface area contributed by atoms with E-state index in [9.17, 15) is 0 Å². The molecule has 0 radical (unpaired) electrons. The molecule has 0 amide bonds. The van der Waals surface area contributed by atoms with Crippen molar-refractivity contribution in [3.8, 4) is 0 Å². The zero-order valence-corrected chi connectivity index (χ0v) is 10.2. The number of fused-ring (bicyclic) bond motifs is 1. The minimum atomic E-state index is 1.30. The van der Waals surface area contributed by atoms with Crippen LogP contribution in [0.3, 0.4) is 0 Å². The van der Waals surface area contributed by atoms with Crippen molar-refractivity contribution in [3.05, 3.63) is 57.6 Å². The molecule has 0 aliphatic rings. The van der Waals surface area contributed by atoms with Crippen LogP contribution in [0.25, 0.3) is 22.2 Å². The van der Waals surface area contributed by atoms with Crippen molar-refractivity contribution in [2.45, 2.75) is 0 Å². The van der Waals surface area contributed by atoms with E-state index < -0.39 is 0 Å². The van der Waals surface area contributed by atoms with Crippen molar-refractivity contribution >= 4 is 44.9 Å². The van der Waals surface area contributed by atoms with E-state index in [-0.39, 0.29) is 0 Å². The number of rotatable bonds is 2. The largest absolute Gasteiger partial charge is 0.144 e. The molecule has 0 atom stereocenters. The van der Waals surface area contributed by atoms with E-state index in [0.29, 0.717) is 0 Å². The van der Waals surface area contributed by atoms with Gasteiger partial charge in [0.2, 0.25) is 0 Å². The summed E-state index contributed by atoms with van der Waals surface area (Å²) in [6, 6.07) is 15.0. The molecule has 0 fully saturated rings. The standard InChI is InChI=1S/C14H10S2/c1-2-6-14-11(4-1)10-13(16-14)8-7-12-5-3-9-15-12/h1-10H. The Labute approximate surface area is 102 Å². The minimum Gasteiger partial charge on any atom is -0.144 e. The van der Waals surface area contributed by atoms with Crippen molar-refractivity contribution in [2.24, 2.45) is 0 Å². The second-order valence-corrected chi connectivity index (χ2v) is 5.63. The maximum Gasteiger partial charge on any atom is 0.0349 e. The fourth-order valence-corrected chi connectivity index (χ4v) is 3.22. The first kappa shape index (κ1) is 9.82. The van der Waals surface area contributed by atoms with Gasteiger partial charge in [0.1, 0.15) is 0 Å². The monoisotopic (exact) mass is 242 g/mol. The van der Waals surface area contributed by atoms with Gasteiger partial charge in [-0.1, -0.05) is 24.3 Å². The fraction of sp³-hybridized carbons (Fsp3) is 0. The van der Waals surface area contributed by atoms with Crippen molar-refractivity contribution in [1.29, 1.82) is 0 Å². The van der Waals surface area contributed by atoms with Gasteiger partial charge in [0, 0.05) is 14.5 Å². The predicted octanol–water partition coefficient (Wildman–Crippen LogP) is 5.13. The van der Waals surface area contributed by atoms with Crippen LogP contribution in [0.4, 0.5) is 0 Å². The van der Waals surface area contributed by atoms with E-state index in [2.05, 4.69) is 60.0 Å². The zero-order chi connectivity index (χ0) is 10.8. The molecule has 1 aromatic carbocycles. The van der Waals surface area contributed by atoms with E-state index in [0.717, 1.165) is 0 Å². The summed E-state index contributed by atoms with van der Waals surface area (Å²) >= 11 is 3.60. The summed E-state index contributed by atoms with van der Waals surface area (Å²) in [6.07, 6.45) is 4.37. The Morgan fingerprint density at radius 3 is 2.56 bits per heavy atom. The molecular weight excluding hydrogens is 232 g/mol. The first-order valence-electron chi connectivity index (χ1n) is 5.12. The quantitative estimate of drug-likeness (QED) is 0.584. The zero-order valence-electron chi connectivity index (χ0n) is 8.59. The number of hydrogen-bond acceptors (Lipinski definition) is 2.